The fourth-order valence-electron chi connectivity index (χ4n) is 4.14. The third kappa shape index (κ3) is 4.54. The van der Waals surface area contributed by atoms with Gasteiger partial charge >= 0.3 is 11.9 Å². The van der Waals surface area contributed by atoms with Gasteiger partial charge in [0.2, 0.25) is 0 Å². The number of carbonyl (C=O) groups is 2. The topological polar surface area (TPSA) is 95.7 Å². The molecule has 0 saturated carbocycles. The van der Waals surface area contributed by atoms with Crippen LogP contribution in [0.3, 0.4) is 0 Å². The predicted octanol–water partition coefficient (Wildman–Crippen LogP) is 5.36. The molecule has 7 nitrogen and oxygen atoms in total. The summed E-state index contributed by atoms with van der Waals surface area (Å²) < 4.78 is 9.25. The van der Waals surface area contributed by atoms with Gasteiger partial charge in [0.1, 0.15) is 5.92 Å². The number of esters is 2. The van der Waals surface area contributed by atoms with Gasteiger partial charge in [0.15, 0.2) is 9.84 Å². The van der Waals surface area contributed by atoms with Crippen LogP contribution in [-0.4, -0.2) is 24.0 Å². The van der Waals surface area contributed by atoms with Gasteiger partial charge in [0, 0.05) is 12.1 Å². The number of methoxy groups -OCH3 is 1. The van der Waals surface area contributed by atoms with Crippen LogP contribution in [0.5, 0.6) is 0 Å². The molecule has 1 aliphatic heterocycles. The van der Waals surface area contributed by atoms with E-state index in [9.17, 15) is 19.7 Å². The first-order chi connectivity index (χ1) is 14.2. The molecule has 1 heterocycles. The van der Waals surface area contributed by atoms with Crippen LogP contribution in [-0.2, 0) is 23.8 Å². The van der Waals surface area contributed by atoms with E-state index in [1.165, 1.54) is 37.5 Å². The van der Waals surface area contributed by atoms with Crippen molar-refractivity contribution in [2.75, 3.05) is 7.11 Å². The number of cyclic esters (lactones) is 1. The normalized spacial score (nSPS) is 20.1. The zero-order valence-electron chi connectivity index (χ0n) is 19.0. The van der Waals surface area contributed by atoms with Gasteiger partial charge in [-0.05, 0) is 22.0 Å². The summed E-state index contributed by atoms with van der Waals surface area (Å²) >= 11 is 1.14. The van der Waals surface area contributed by atoms with Crippen molar-refractivity contribution >= 4 is 29.4 Å². The Morgan fingerprint density at radius 3 is 2.10 bits per heavy atom. The summed E-state index contributed by atoms with van der Waals surface area (Å²) in [6, 6.07) is 5.56. The Morgan fingerprint density at radius 2 is 1.71 bits per heavy atom. The summed E-state index contributed by atoms with van der Waals surface area (Å²) in [7, 11) is 1.24. The van der Waals surface area contributed by atoms with Crippen LogP contribution in [0.15, 0.2) is 47.6 Å². The number of hydrogen-bond acceptors (Lipinski definition) is 7. The van der Waals surface area contributed by atoms with Crippen molar-refractivity contribution in [2.45, 2.75) is 46.3 Å². The summed E-state index contributed by atoms with van der Waals surface area (Å²) in [6.45, 7) is 15.9. The average molecular weight is 448 g/mol. The van der Waals surface area contributed by atoms with Crippen molar-refractivity contribution in [1.82, 2.24) is 0 Å². The third-order valence-electron chi connectivity index (χ3n) is 5.08. The monoisotopic (exact) mass is 447 g/mol. The molecule has 0 aliphatic carbocycles. The molecule has 168 valence electrons. The van der Waals surface area contributed by atoms with Crippen LogP contribution < -0.4 is 0 Å². The molecule has 0 aromatic heterocycles. The van der Waals surface area contributed by atoms with Gasteiger partial charge in [0.25, 0.3) is 5.69 Å². The quantitative estimate of drug-likeness (QED) is 0.259. The van der Waals surface area contributed by atoms with Crippen molar-refractivity contribution in [1.29, 1.82) is 0 Å². The lowest BCUT2D eigenvalue weighted by molar-refractivity contribution is -0.384. The Morgan fingerprint density at radius 1 is 1.19 bits per heavy atom. The van der Waals surface area contributed by atoms with Gasteiger partial charge in [-0.15, -0.1) is 6.58 Å². The van der Waals surface area contributed by atoms with E-state index in [4.69, 9.17) is 9.47 Å². The molecule has 2 rings (SSSR count). The van der Waals surface area contributed by atoms with Crippen LogP contribution in [0.4, 0.5) is 5.69 Å². The van der Waals surface area contributed by atoms with Crippen LogP contribution in [0.25, 0.3) is 0 Å². The smallest absolute Gasteiger partial charge is 0.334 e. The molecule has 1 saturated heterocycles. The molecule has 0 amide bonds. The van der Waals surface area contributed by atoms with E-state index in [-0.39, 0.29) is 16.5 Å². The highest BCUT2D eigenvalue weighted by Crippen LogP contribution is 2.58. The van der Waals surface area contributed by atoms with Crippen LogP contribution >= 0.6 is 11.8 Å². The first-order valence-corrected chi connectivity index (χ1v) is 10.6. The lowest BCUT2D eigenvalue weighted by atomic mass is 9.72. The molecule has 1 fully saturated rings. The SMILES string of the molecule is C=C[C@H](C(=O)OC)C1(c2ccc([N+](=O)[O-])cc2)SC(=C(C(C)(C)C)C(C)(C)C)OC1=O. The molecule has 0 radical (unpaired) electrons. The number of non-ortho nitro benzene ring substituents is 1. The minimum atomic E-state index is -1.51. The molecule has 1 aromatic rings. The van der Waals surface area contributed by atoms with E-state index < -0.39 is 27.5 Å². The first kappa shape index (κ1) is 24.7. The predicted molar refractivity (Wildman–Crippen MR) is 120 cm³/mol. The highest BCUT2D eigenvalue weighted by molar-refractivity contribution is 8.05. The average Bonchev–Trinajstić information content (AvgIpc) is 2.96. The lowest BCUT2D eigenvalue weighted by Crippen LogP contribution is -2.41. The molecular formula is C23H29NO6S. The highest BCUT2D eigenvalue weighted by Gasteiger charge is 2.58. The Labute approximate surface area is 187 Å². The highest BCUT2D eigenvalue weighted by atomic mass is 32.2. The third-order valence-corrected chi connectivity index (χ3v) is 6.53. The fourth-order valence-corrected chi connectivity index (χ4v) is 5.96. The maximum atomic E-state index is 13.4. The number of nitro groups is 1. The lowest BCUT2D eigenvalue weighted by Gasteiger charge is -2.35. The molecular weight excluding hydrogens is 418 g/mol. The molecule has 1 aliphatic rings. The Kier molecular flexibility index (Phi) is 6.76. The van der Waals surface area contributed by atoms with E-state index in [0.717, 1.165) is 17.3 Å². The number of allylic oxidation sites excluding steroid dienone is 1. The molecule has 1 aromatic carbocycles. The Hall–Kier alpha value is -2.61. The van der Waals surface area contributed by atoms with Gasteiger partial charge in [0.05, 0.1) is 12.0 Å². The van der Waals surface area contributed by atoms with Gasteiger partial charge in [-0.25, -0.2) is 4.79 Å². The van der Waals surface area contributed by atoms with Crippen molar-refractivity contribution in [3.8, 4) is 0 Å². The maximum Gasteiger partial charge on any atom is 0.334 e. The zero-order valence-corrected chi connectivity index (χ0v) is 19.8. The number of hydrogen-bond donors (Lipinski definition) is 0. The van der Waals surface area contributed by atoms with Crippen LogP contribution in [0.1, 0.15) is 47.1 Å². The van der Waals surface area contributed by atoms with Gasteiger partial charge in [-0.3, -0.25) is 14.9 Å². The minimum Gasteiger partial charge on any atom is -0.469 e. The summed E-state index contributed by atoms with van der Waals surface area (Å²) in [5, 5.41) is 11.5. The van der Waals surface area contributed by atoms with E-state index >= 15 is 0 Å². The molecule has 2 atom stereocenters. The zero-order chi connectivity index (χ0) is 23.8. The number of ether oxygens (including phenoxy) is 2. The number of nitro benzene ring substituents is 1. The van der Waals surface area contributed by atoms with E-state index in [1.54, 1.807) is 0 Å². The van der Waals surface area contributed by atoms with Crippen molar-refractivity contribution in [2.24, 2.45) is 16.7 Å². The molecule has 0 N–H and O–H groups in total. The number of nitrogens with zero attached hydrogens (tertiary/aromatic N) is 1. The summed E-state index contributed by atoms with van der Waals surface area (Å²) in [5.74, 6) is -2.34. The fraction of sp³-hybridized carbons (Fsp3) is 0.478. The number of rotatable bonds is 5. The second-order valence-corrected chi connectivity index (χ2v) is 10.6. The van der Waals surface area contributed by atoms with Gasteiger partial charge < -0.3 is 9.47 Å². The minimum absolute atomic E-state index is 0.121. The summed E-state index contributed by atoms with van der Waals surface area (Å²) in [6.07, 6.45) is 1.36. The van der Waals surface area contributed by atoms with Gasteiger partial charge in [-0.2, -0.15) is 0 Å². The van der Waals surface area contributed by atoms with Gasteiger partial charge in [-0.1, -0.05) is 71.5 Å². The standard InChI is InChI=1S/C23H29NO6S/c1-9-16(18(25)29-8)23(14-10-12-15(13-11-14)24(27)28)20(26)30-19(31-23)17(21(2,3)4)22(5,6)7/h9-13,16H,1H2,2-8H3/t16-,23?/m1/s1. The summed E-state index contributed by atoms with van der Waals surface area (Å²) in [4.78, 5) is 36.7. The van der Waals surface area contributed by atoms with Crippen molar-refractivity contribution in [3.05, 3.63) is 63.3 Å². The van der Waals surface area contributed by atoms with Crippen molar-refractivity contribution < 1.29 is 24.0 Å². The molecule has 1 unspecified atom stereocenters. The van der Waals surface area contributed by atoms with Crippen LogP contribution in [0.2, 0.25) is 0 Å². The second kappa shape index (κ2) is 8.49. The second-order valence-electron chi connectivity index (χ2n) is 9.43. The summed E-state index contributed by atoms with van der Waals surface area (Å²) in [5.41, 5.74) is 0.572. The number of carbonyl (C=O) groups excluding carboxylic acids is 2. The largest absolute Gasteiger partial charge is 0.469 e. The maximum absolute atomic E-state index is 13.4. The van der Waals surface area contributed by atoms with Crippen LogP contribution in [0, 0.1) is 26.9 Å². The van der Waals surface area contributed by atoms with E-state index in [2.05, 4.69) is 6.58 Å². The molecule has 0 spiro atoms. The first-order valence-electron chi connectivity index (χ1n) is 9.82. The molecule has 31 heavy (non-hydrogen) atoms. The Balaban J connectivity index is 2.81. The molecule has 0 bridgehead atoms. The number of thioether (sulfide) groups is 1. The van der Waals surface area contributed by atoms with Crippen molar-refractivity contribution in [3.63, 3.8) is 0 Å². The van der Waals surface area contributed by atoms with E-state index in [1.807, 2.05) is 41.5 Å². The molecule has 8 heteroatoms. The van der Waals surface area contributed by atoms with E-state index in [0.29, 0.717) is 10.7 Å². The number of benzene rings is 1. The Bertz CT molecular complexity index is 920.